The van der Waals surface area contributed by atoms with E-state index in [0.717, 1.165) is 0 Å². The molecule has 0 unspecified atom stereocenters. The molecule has 0 radical (unpaired) electrons. The summed E-state index contributed by atoms with van der Waals surface area (Å²) in [5.41, 5.74) is 1.25. The van der Waals surface area contributed by atoms with Crippen molar-refractivity contribution in [3.63, 3.8) is 0 Å². The van der Waals surface area contributed by atoms with E-state index in [9.17, 15) is 14.9 Å². The zero-order valence-electron chi connectivity index (χ0n) is 11.3. The highest BCUT2D eigenvalue weighted by Crippen LogP contribution is 2.34. The first kappa shape index (κ1) is 13.3. The molecule has 0 amide bonds. The van der Waals surface area contributed by atoms with Crippen molar-refractivity contribution in [1.29, 1.82) is 0 Å². The van der Waals surface area contributed by atoms with Gasteiger partial charge in [0, 0.05) is 17.7 Å². The molecule has 1 heterocycles. The Hall–Kier alpha value is -2.17. The minimum atomic E-state index is -0.443. The van der Waals surface area contributed by atoms with Crippen LogP contribution in [0.2, 0.25) is 0 Å². The van der Waals surface area contributed by atoms with Crippen molar-refractivity contribution in [2.75, 3.05) is 0 Å². The van der Waals surface area contributed by atoms with Gasteiger partial charge in [0.2, 0.25) is 0 Å². The van der Waals surface area contributed by atoms with E-state index in [0.29, 0.717) is 27.9 Å². The topological polar surface area (TPSA) is 73.3 Å². The molecule has 0 aliphatic rings. The van der Waals surface area contributed by atoms with Crippen LogP contribution in [-0.2, 0) is 0 Å². The van der Waals surface area contributed by atoms with E-state index < -0.39 is 4.92 Å². The van der Waals surface area contributed by atoms with Gasteiger partial charge in [-0.15, -0.1) is 0 Å². The average molecular weight is 261 g/mol. The first-order chi connectivity index (χ1) is 8.82. The van der Waals surface area contributed by atoms with E-state index in [1.807, 2.05) is 13.8 Å². The van der Waals surface area contributed by atoms with Gasteiger partial charge in [0.25, 0.3) is 5.69 Å². The number of nitro groups is 1. The third-order valence-corrected chi connectivity index (χ3v) is 3.10. The zero-order valence-corrected chi connectivity index (χ0v) is 11.3. The summed E-state index contributed by atoms with van der Waals surface area (Å²) < 4.78 is 5.58. The highest BCUT2D eigenvalue weighted by Gasteiger charge is 2.24. The molecular weight excluding hydrogens is 246 g/mol. The number of rotatable bonds is 2. The lowest BCUT2D eigenvalue weighted by Crippen LogP contribution is -2.09. The molecule has 0 aliphatic heterocycles. The zero-order chi connectivity index (χ0) is 14.3. The van der Waals surface area contributed by atoms with Gasteiger partial charge >= 0.3 is 0 Å². The smallest absolute Gasteiger partial charge is 0.274 e. The van der Waals surface area contributed by atoms with Crippen molar-refractivity contribution in [3.05, 3.63) is 49.4 Å². The van der Waals surface area contributed by atoms with Crippen LogP contribution in [-0.4, -0.2) is 4.92 Å². The minimum absolute atomic E-state index is 0.0175. The number of aryl methyl sites for hydroxylation is 2. The maximum absolute atomic E-state index is 12.2. The predicted molar refractivity (Wildman–Crippen MR) is 72.7 cm³/mol. The van der Waals surface area contributed by atoms with Crippen LogP contribution in [0.25, 0.3) is 11.0 Å². The monoisotopic (exact) mass is 261 g/mol. The fourth-order valence-electron chi connectivity index (χ4n) is 2.35. The van der Waals surface area contributed by atoms with Crippen molar-refractivity contribution < 1.29 is 9.34 Å². The Morgan fingerprint density at radius 2 is 1.89 bits per heavy atom. The molecule has 2 aromatic rings. The third-order valence-electron chi connectivity index (χ3n) is 3.10. The molecule has 5 nitrogen and oxygen atoms in total. The number of nitro benzene ring substituents is 1. The van der Waals surface area contributed by atoms with E-state index in [2.05, 4.69) is 0 Å². The minimum Gasteiger partial charge on any atom is -0.461 e. The molecule has 0 saturated carbocycles. The van der Waals surface area contributed by atoms with Crippen LogP contribution >= 0.6 is 0 Å². The van der Waals surface area contributed by atoms with Gasteiger partial charge < -0.3 is 4.42 Å². The van der Waals surface area contributed by atoms with Gasteiger partial charge in [0.1, 0.15) is 11.3 Å². The summed E-state index contributed by atoms with van der Waals surface area (Å²) in [6.07, 6.45) is 0. The van der Waals surface area contributed by atoms with E-state index >= 15 is 0 Å². The summed E-state index contributed by atoms with van der Waals surface area (Å²) in [6, 6.07) is 2.84. The third kappa shape index (κ3) is 2.12. The van der Waals surface area contributed by atoms with E-state index in [-0.39, 0.29) is 17.0 Å². The molecule has 1 aromatic heterocycles. The predicted octanol–water partition coefficient (Wildman–Crippen LogP) is 3.44. The second-order valence-electron chi connectivity index (χ2n) is 4.96. The summed E-state index contributed by atoms with van der Waals surface area (Å²) in [5, 5.41) is 11.5. The Balaban J connectivity index is 3.08. The second-order valence-corrected chi connectivity index (χ2v) is 4.96. The van der Waals surface area contributed by atoms with Gasteiger partial charge in [-0.05, 0) is 25.3 Å². The van der Waals surface area contributed by atoms with Crippen molar-refractivity contribution in [3.8, 4) is 0 Å². The van der Waals surface area contributed by atoms with Crippen LogP contribution in [0.1, 0.15) is 36.7 Å². The fourth-order valence-corrected chi connectivity index (χ4v) is 2.35. The molecule has 100 valence electrons. The largest absolute Gasteiger partial charge is 0.461 e. The van der Waals surface area contributed by atoms with Crippen LogP contribution in [0.15, 0.2) is 21.3 Å². The molecule has 5 heteroatoms. The molecule has 0 N–H and O–H groups in total. The first-order valence-electron chi connectivity index (χ1n) is 6.05. The summed E-state index contributed by atoms with van der Waals surface area (Å²) in [4.78, 5) is 22.9. The van der Waals surface area contributed by atoms with E-state index in [1.165, 1.54) is 12.1 Å². The molecule has 1 aromatic carbocycles. The Morgan fingerprint density at radius 1 is 1.26 bits per heavy atom. The molecule has 0 fully saturated rings. The van der Waals surface area contributed by atoms with Gasteiger partial charge in [-0.2, -0.15) is 0 Å². The lowest BCUT2D eigenvalue weighted by atomic mass is 9.94. The van der Waals surface area contributed by atoms with Gasteiger partial charge in [-0.1, -0.05) is 13.8 Å². The Kier molecular flexibility index (Phi) is 3.14. The van der Waals surface area contributed by atoms with E-state index in [1.54, 1.807) is 13.8 Å². The lowest BCUT2D eigenvalue weighted by molar-refractivity contribution is -0.385. The number of benzene rings is 1. The highest BCUT2D eigenvalue weighted by atomic mass is 16.6. The summed E-state index contributed by atoms with van der Waals surface area (Å²) in [6.45, 7) is 7.06. The van der Waals surface area contributed by atoms with Crippen molar-refractivity contribution in [1.82, 2.24) is 0 Å². The van der Waals surface area contributed by atoms with Crippen molar-refractivity contribution in [2.45, 2.75) is 33.6 Å². The lowest BCUT2D eigenvalue weighted by Gasteiger charge is -2.11. The number of nitrogens with zero attached hydrogens (tertiary/aromatic N) is 1. The quantitative estimate of drug-likeness (QED) is 0.613. The maximum atomic E-state index is 12.2. The van der Waals surface area contributed by atoms with Crippen LogP contribution in [0.3, 0.4) is 0 Å². The average Bonchev–Trinajstić information content (AvgIpc) is 2.28. The van der Waals surface area contributed by atoms with Gasteiger partial charge in [-0.3, -0.25) is 14.9 Å². The van der Waals surface area contributed by atoms with Crippen LogP contribution < -0.4 is 5.43 Å². The Labute approximate surface area is 110 Å². The number of fused-ring (bicyclic) bond motifs is 1. The highest BCUT2D eigenvalue weighted by molar-refractivity contribution is 5.87. The Morgan fingerprint density at radius 3 is 2.42 bits per heavy atom. The normalized spacial score (nSPS) is 11.2. The van der Waals surface area contributed by atoms with Crippen LogP contribution in [0, 0.1) is 24.0 Å². The molecule has 2 rings (SSSR count). The molecule has 0 saturated heterocycles. The SMILES string of the molecule is Cc1cc(=O)c2c(C(C)C)c([N+](=O)[O-])cc(C)c2o1. The molecule has 0 atom stereocenters. The first-order valence-corrected chi connectivity index (χ1v) is 6.05. The van der Waals surface area contributed by atoms with Gasteiger partial charge in [0.05, 0.1) is 10.3 Å². The fraction of sp³-hybridized carbons (Fsp3) is 0.357. The Bertz CT molecular complexity index is 728. The van der Waals surface area contributed by atoms with E-state index in [4.69, 9.17) is 4.42 Å². The number of hydrogen-bond acceptors (Lipinski definition) is 4. The number of hydrogen-bond donors (Lipinski definition) is 0. The molecule has 19 heavy (non-hydrogen) atoms. The van der Waals surface area contributed by atoms with Crippen LogP contribution in [0.4, 0.5) is 5.69 Å². The molecule has 0 aliphatic carbocycles. The summed E-state index contributed by atoms with van der Waals surface area (Å²) in [7, 11) is 0. The standard InChI is InChI=1S/C14H15NO4/c1-7(2)12-10(15(17)18)5-8(3)14-13(12)11(16)6-9(4)19-14/h5-7H,1-4H3. The molecular formula is C14H15NO4. The summed E-state index contributed by atoms with van der Waals surface area (Å²) >= 11 is 0. The molecule has 0 bridgehead atoms. The van der Waals surface area contributed by atoms with Crippen LogP contribution in [0.5, 0.6) is 0 Å². The van der Waals surface area contributed by atoms with Gasteiger partial charge in [-0.25, -0.2) is 0 Å². The summed E-state index contributed by atoms with van der Waals surface area (Å²) in [5.74, 6) is 0.373. The van der Waals surface area contributed by atoms with Gasteiger partial charge in [0.15, 0.2) is 5.43 Å². The second kappa shape index (κ2) is 4.50. The van der Waals surface area contributed by atoms with Crippen molar-refractivity contribution >= 4 is 16.7 Å². The maximum Gasteiger partial charge on any atom is 0.274 e. The van der Waals surface area contributed by atoms with Crippen molar-refractivity contribution in [2.24, 2.45) is 0 Å². The molecule has 0 spiro atoms.